The average Bonchev–Trinajstić information content (AvgIpc) is 3.52. The van der Waals surface area contributed by atoms with Gasteiger partial charge in [0.1, 0.15) is 11.6 Å². The van der Waals surface area contributed by atoms with E-state index in [2.05, 4.69) is 27.2 Å². The summed E-state index contributed by atoms with van der Waals surface area (Å²) < 4.78 is 5.29. The second-order valence-electron chi connectivity index (χ2n) is 9.97. The van der Waals surface area contributed by atoms with E-state index >= 15 is 0 Å². The minimum Gasteiger partial charge on any atom is -0.497 e. The Balaban J connectivity index is 1.21. The number of methoxy groups -OCH3 is 1. The van der Waals surface area contributed by atoms with Crippen LogP contribution in [-0.2, 0) is 0 Å². The van der Waals surface area contributed by atoms with Crippen LogP contribution in [0.2, 0.25) is 0 Å². The highest BCUT2D eigenvalue weighted by Crippen LogP contribution is 2.44. The summed E-state index contributed by atoms with van der Waals surface area (Å²) in [4.78, 5) is 23.1. The number of benzene rings is 2. The third-order valence-electron chi connectivity index (χ3n) is 8.04. The second kappa shape index (κ2) is 8.82. The number of para-hydroxylation sites is 1. The van der Waals surface area contributed by atoms with Crippen molar-refractivity contribution in [3.05, 3.63) is 60.2 Å². The van der Waals surface area contributed by atoms with Crippen LogP contribution >= 0.6 is 0 Å². The lowest BCUT2D eigenvalue weighted by Gasteiger charge is -2.37. The van der Waals surface area contributed by atoms with Crippen molar-refractivity contribution in [2.75, 3.05) is 43.1 Å². The molecule has 3 atom stereocenters. The zero-order valence-electron chi connectivity index (χ0n) is 19.7. The molecule has 6 nitrogen and oxygen atoms in total. The van der Waals surface area contributed by atoms with Gasteiger partial charge in [-0.05, 0) is 67.5 Å². The van der Waals surface area contributed by atoms with Crippen LogP contribution in [0.1, 0.15) is 36.0 Å². The van der Waals surface area contributed by atoms with Crippen molar-refractivity contribution >= 4 is 28.3 Å². The number of aromatic nitrogens is 1. The fraction of sp³-hybridized carbons (Fsp3) is 0.429. The number of pyridine rings is 1. The van der Waals surface area contributed by atoms with E-state index in [1.54, 1.807) is 7.11 Å². The Bertz CT molecular complexity index is 1190. The van der Waals surface area contributed by atoms with Gasteiger partial charge in [-0.15, -0.1) is 0 Å². The largest absolute Gasteiger partial charge is 0.497 e. The molecule has 6 rings (SSSR count). The Hall–Kier alpha value is -3.28. The molecule has 6 heteroatoms. The predicted octanol–water partition coefficient (Wildman–Crippen LogP) is 4.49. The van der Waals surface area contributed by atoms with Gasteiger partial charge in [0.15, 0.2) is 0 Å². The molecule has 1 amide bonds. The maximum atomic E-state index is 13.4. The number of hydrogen-bond acceptors (Lipinski definition) is 5. The standard InChI is InChI=1S/C28H32N4O2/c1-34-22-10-8-21(9-11-22)31-12-14-32(15-13-31)27-18-24(23-4-2-3-5-25(23)29-27)28(33)30-26-17-19-6-7-20(26)16-19/h2-5,8-11,18-20,26H,6-7,12-17H2,1H3,(H,30,33)/t19-,20+,26+/m0/s1. The highest BCUT2D eigenvalue weighted by molar-refractivity contribution is 6.07. The van der Waals surface area contributed by atoms with Gasteiger partial charge in [-0.2, -0.15) is 0 Å². The maximum Gasteiger partial charge on any atom is 0.252 e. The minimum atomic E-state index is 0.0502. The molecule has 2 heterocycles. The molecule has 176 valence electrons. The predicted molar refractivity (Wildman–Crippen MR) is 136 cm³/mol. The van der Waals surface area contributed by atoms with Crippen LogP contribution in [-0.4, -0.2) is 50.2 Å². The van der Waals surface area contributed by atoms with E-state index in [4.69, 9.17) is 9.72 Å². The zero-order valence-corrected chi connectivity index (χ0v) is 19.7. The molecular weight excluding hydrogens is 424 g/mol. The molecule has 1 aromatic heterocycles. The fourth-order valence-corrected chi connectivity index (χ4v) is 6.17. The number of hydrogen-bond donors (Lipinski definition) is 1. The smallest absolute Gasteiger partial charge is 0.252 e. The van der Waals surface area contributed by atoms with E-state index in [0.29, 0.717) is 12.0 Å². The first kappa shape index (κ1) is 21.3. The van der Waals surface area contributed by atoms with Crippen LogP contribution in [0.3, 0.4) is 0 Å². The third kappa shape index (κ3) is 3.95. The SMILES string of the molecule is COc1ccc(N2CCN(c3cc(C(=O)N[C@@H]4C[C@H]5CC[C@@H]4C5)c4ccccc4n3)CC2)cc1. The number of nitrogens with zero attached hydrogens (tertiary/aromatic N) is 3. The van der Waals surface area contributed by atoms with Crippen LogP contribution in [0.4, 0.5) is 11.5 Å². The lowest BCUT2D eigenvalue weighted by Crippen LogP contribution is -2.47. The number of piperazine rings is 1. The van der Waals surface area contributed by atoms with Crippen molar-refractivity contribution < 1.29 is 9.53 Å². The molecular formula is C28H32N4O2. The lowest BCUT2D eigenvalue weighted by molar-refractivity contribution is 0.0924. The number of fused-ring (bicyclic) bond motifs is 3. The molecule has 3 fully saturated rings. The summed E-state index contributed by atoms with van der Waals surface area (Å²) in [5.74, 6) is 3.29. The first-order chi connectivity index (χ1) is 16.7. The molecule has 2 aliphatic carbocycles. The van der Waals surface area contributed by atoms with Gasteiger partial charge < -0.3 is 19.9 Å². The first-order valence-electron chi connectivity index (χ1n) is 12.5. The summed E-state index contributed by atoms with van der Waals surface area (Å²) in [6, 6.07) is 18.6. The van der Waals surface area contributed by atoms with Gasteiger partial charge in [0.25, 0.3) is 5.91 Å². The quantitative estimate of drug-likeness (QED) is 0.613. The summed E-state index contributed by atoms with van der Waals surface area (Å²) in [6.07, 6.45) is 5.02. The average molecular weight is 457 g/mol. The summed E-state index contributed by atoms with van der Waals surface area (Å²) in [5.41, 5.74) is 2.84. The second-order valence-corrected chi connectivity index (χ2v) is 9.97. The molecule has 1 N–H and O–H groups in total. The van der Waals surface area contributed by atoms with E-state index in [1.165, 1.54) is 24.9 Å². The Morgan fingerprint density at radius 1 is 0.971 bits per heavy atom. The van der Waals surface area contributed by atoms with Crippen molar-refractivity contribution in [2.24, 2.45) is 11.8 Å². The van der Waals surface area contributed by atoms with Crippen molar-refractivity contribution in [1.82, 2.24) is 10.3 Å². The highest BCUT2D eigenvalue weighted by atomic mass is 16.5. The molecule has 2 bridgehead atoms. The van der Waals surface area contributed by atoms with Crippen LogP contribution in [0.25, 0.3) is 10.9 Å². The van der Waals surface area contributed by atoms with E-state index in [-0.39, 0.29) is 5.91 Å². The van der Waals surface area contributed by atoms with Crippen molar-refractivity contribution in [3.8, 4) is 5.75 Å². The Morgan fingerprint density at radius 3 is 2.44 bits per heavy atom. The normalized spacial score (nSPS) is 24.0. The van der Waals surface area contributed by atoms with Gasteiger partial charge in [-0.25, -0.2) is 4.98 Å². The monoisotopic (exact) mass is 456 g/mol. The lowest BCUT2D eigenvalue weighted by atomic mass is 9.95. The van der Waals surface area contributed by atoms with Crippen molar-refractivity contribution in [1.29, 1.82) is 0 Å². The number of rotatable bonds is 5. The Labute approximate surface area is 200 Å². The van der Waals surface area contributed by atoms with E-state index in [1.807, 2.05) is 42.5 Å². The first-order valence-corrected chi connectivity index (χ1v) is 12.5. The molecule has 0 spiro atoms. The molecule has 0 radical (unpaired) electrons. The molecule has 1 saturated heterocycles. The summed E-state index contributed by atoms with van der Waals surface area (Å²) in [7, 11) is 1.69. The molecule has 0 unspecified atom stereocenters. The van der Waals surface area contributed by atoms with Gasteiger partial charge >= 0.3 is 0 Å². The zero-order chi connectivity index (χ0) is 23.1. The molecule has 34 heavy (non-hydrogen) atoms. The van der Waals surface area contributed by atoms with Gasteiger partial charge in [-0.1, -0.05) is 24.6 Å². The highest BCUT2D eigenvalue weighted by Gasteiger charge is 2.40. The number of carbonyl (C=O) groups excluding carboxylic acids is 1. The van der Waals surface area contributed by atoms with Crippen LogP contribution in [0.15, 0.2) is 54.6 Å². The topological polar surface area (TPSA) is 57.7 Å². The summed E-state index contributed by atoms with van der Waals surface area (Å²) >= 11 is 0. The number of ether oxygens (including phenoxy) is 1. The number of anilines is 2. The third-order valence-corrected chi connectivity index (χ3v) is 8.04. The van der Waals surface area contributed by atoms with Crippen molar-refractivity contribution in [3.63, 3.8) is 0 Å². The molecule has 2 aromatic carbocycles. The molecule has 3 aromatic rings. The van der Waals surface area contributed by atoms with E-state index < -0.39 is 0 Å². The van der Waals surface area contributed by atoms with E-state index in [0.717, 1.165) is 66.6 Å². The maximum absolute atomic E-state index is 13.4. The Morgan fingerprint density at radius 2 is 1.74 bits per heavy atom. The van der Waals surface area contributed by atoms with Gasteiger partial charge in [0, 0.05) is 43.3 Å². The van der Waals surface area contributed by atoms with Gasteiger partial charge in [0.05, 0.1) is 18.2 Å². The summed E-state index contributed by atoms with van der Waals surface area (Å²) in [5, 5.41) is 4.32. The molecule has 1 aliphatic heterocycles. The van der Waals surface area contributed by atoms with Crippen LogP contribution in [0, 0.1) is 11.8 Å². The van der Waals surface area contributed by atoms with Crippen LogP contribution < -0.4 is 19.9 Å². The van der Waals surface area contributed by atoms with Crippen molar-refractivity contribution in [2.45, 2.75) is 31.7 Å². The number of amides is 1. The van der Waals surface area contributed by atoms with E-state index in [9.17, 15) is 4.79 Å². The molecule has 3 aliphatic rings. The Kier molecular flexibility index (Phi) is 5.52. The molecule has 2 saturated carbocycles. The van der Waals surface area contributed by atoms with Crippen LogP contribution in [0.5, 0.6) is 5.75 Å². The number of carbonyl (C=O) groups is 1. The summed E-state index contributed by atoms with van der Waals surface area (Å²) in [6.45, 7) is 3.55. The van der Waals surface area contributed by atoms with Gasteiger partial charge in [0.2, 0.25) is 0 Å². The minimum absolute atomic E-state index is 0.0502. The number of nitrogens with one attached hydrogen (secondary N) is 1. The van der Waals surface area contributed by atoms with Gasteiger partial charge in [-0.3, -0.25) is 4.79 Å². The fourth-order valence-electron chi connectivity index (χ4n) is 6.17.